The number of halogens is 1. The van der Waals surface area contributed by atoms with Gasteiger partial charge in [-0.1, -0.05) is 39.3 Å². The van der Waals surface area contributed by atoms with E-state index in [2.05, 4.69) is 21.1 Å². The van der Waals surface area contributed by atoms with Crippen LogP contribution in [0.25, 0.3) is 0 Å². The lowest BCUT2D eigenvalue weighted by Crippen LogP contribution is -2.05. The molecule has 0 N–H and O–H groups in total. The topological polar surface area (TPSA) is 61.6 Å². The first kappa shape index (κ1) is 18.2. The van der Waals surface area contributed by atoms with Crippen molar-refractivity contribution < 1.29 is 18.8 Å². The quantitative estimate of drug-likeness (QED) is 0.530. The van der Waals surface area contributed by atoms with Crippen molar-refractivity contribution in [3.8, 4) is 5.75 Å². The van der Waals surface area contributed by atoms with Crippen molar-refractivity contribution in [1.29, 1.82) is 0 Å². The molecule has 0 radical (unpaired) electrons. The smallest absolute Gasteiger partial charge is 0.338 e. The molecule has 6 heteroatoms. The van der Waals surface area contributed by atoms with Crippen LogP contribution in [0.3, 0.4) is 0 Å². The molecule has 0 saturated heterocycles. The van der Waals surface area contributed by atoms with E-state index in [1.54, 1.807) is 24.3 Å². The number of carbonyl (C=O) groups is 1. The fraction of sp³-hybridized carbons (Fsp3) is 0.200. The van der Waals surface area contributed by atoms with Gasteiger partial charge in [0, 0.05) is 10.0 Å². The lowest BCUT2D eigenvalue weighted by molar-refractivity contribution is 0.0472. The number of nitrogens with zero attached hydrogens (tertiary/aromatic N) is 1. The van der Waals surface area contributed by atoms with E-state index in [-0.39, 0.29) is 12.6 Å². The number of aryl methyl sites for hydroxylation is 2. The molecule has 1 heterocycles. The zero-order valence-electron chi connectivity index (χ0n) is 14.5. The van der Waals surface area contributed by atoms with Crippen LogP contribution in [-0.4, -0.2) is 11.1 Å². The first-order valence-electron chi connectivity index (χ1n) is 8.09. The first-order chi connectivity index (χ1) is 12.5. The summed E-state index contributed by atoms with van der Waals surface area (Å²) in [6.45, 7) is 4.31. The number of carbonyl (C=O) groups excluding carboxylic acids is 1. The number of aromatic nitrogens is 1. The molecule has 134 valence electrons. The fourth-order valence-corrected chi connectivity index (χ4v) is 2.79. The highest BCUT2D eigenvalue weighted by Gasteiger charge is 2.11. The van der Waals surface area contributed by atoms with Crippen LogP contribution in [0.1, 0.15) is 32.9 Å². The van der Waals surface area contributed by atoms with Crippen LogP contribution < -0.4 is 4.74 Å². The third-order valence-corrected chi connectivity index (χ3v) is 4.74. The van der Waals surface area contributed by atoms with Gasteiger partial charge in [0.05, 0.1) is 16.8 Å². The van der Waals surface area contributed by atoms with Gasteiger partial charge in [-0.2, -0.15) is 0 Å². The highest BCUT2D eigenvalue weighted by Crippen LogP contribution is 2.20. The summed E-state index contributed by atoms with van der Waals surface area (Å²) in [5.41, 5.74) is 3.14. The number of hydrogen-bond donors (Lipinski definition) is 0. The van der Waals surface area contributed by atoms with Crippen LogP contribution in [0.2, 0.25) is 0 Å². The minimum atomic E-state index is -0.377. The molecule has 0 spiro atoms. The Hall–Kier alpha value is -2.60. The van der Waals surface area contributed by atoms with E-state index in [9.17, 15) is 4.79 Å². The van der Waals surface area contributed by atoms with Gasteiger partial charge in [-0.25, -0.2) is 4.79 Å². The molecule has 0 aliphatic carbocycles. The van der Waals surface area contributed by atoms with Crippen molar-refractivity contribution in [2.24, 2.45) is 0 Å². The number of rotatable bonds is 6. The van der Waals surface area contributed by atoms with Gasteiger partial charge in [-0.3, -0.25) is 0 Å². The zero-order chi connectivity index (χ0) is 18.5. The third-order valence-electron chi connectivity index (χ3n) is 3.97. The number of ether oxygens (including phenoxy) is 2. The molecular formula is C20H18BrNO4. The van der Waals surface area contributed by atoms with E-state index < -0.39 is 0 Å². The molecular weight excluding hydrogens is 398 g/mol. The predicted octanol–water partition coefficient (Wildman–Crippen LogP) is 4.99. The molecule has 0 bridgehead atoms. The summed E-state index contributed by atoms with van der Waals surface area (Å²) >= 11 is 3.44. The summed E-state index contributed by atoms with van der Waals surface area (Å²) in [6.07, 6.45) is 0. The first-order valence-corrected chi connectivity index (χ1v) is 8.89. The molecule has 1 aromatic heterocycles. The highest BCUT2D eigenvalue weighted by molar-refractivity contribution is 9.10. The van der Waals surface area contributed by atoms with Gasteiger partial charge in [0.15, 0.2) is 0 Å². The van der Waals surface area contributed by atoms with E-state index in [1.807, 2.05) is 38.1 Å². The molecule has 0 aliphatic heterocycles. The monoisotopic (exact) mass is 415 g/mol. The average molecular weight is 416 g/mol. The maximum Gasteiger partial charge on any atom is 0.338 e. The second-order valence-electron chi connectivity index (χ2n) is 5.78. The van der Waals surface area contributed by atoms with Crippen LogP contribution in [-0.2, 0) is 18.0 Å². The number of esters is 1. The summed E-state index contributed by atoms with van der Waals surface area (Å²) in [6, 6.07) is 14.5. The average Bonchev–Trinajstić information content (AvgIpc) is 2.97. The Labute approximate surface area is 160 Å². The van der Waals surface area contributed by atoms with E-state index in [0.717, 1.165) is 27.1 Å². The molecule has 5 nitrogen and oxygen atoms in total. The molecule has 2 aromatic carbocycles. The Kier molecular flexibility index (Phi) is 5.73. The van der Waals surface area contributed by atoms with Gasteiger partial charge in [0.25, 0.3) is 0 Å². The molecule has 0 fully saturated rings. The van der Waals surface area contributed by atoms with Crippen molar-refractivity contribution in [1.82, 2.24) is 5.16 Å². The molecule has 0 amide bonds. The zero-order valence-corrected chi connectivity index (χ0v) is 16.1. The van der Waals surface area contributed by atoms with Gasteiger partial charge in [-0.05, 0) is 44.2 Å². The Balaban J connectivity index is 1.57. The van der Waals surface area contributed by atoms with Crippen LogP contribution in [0.5, 0.6) is 5.75 Å². The normalized spacial score (nSPS) is 10.6. The maximum absolute atomic E-state index is 12.2. The summed E-state index contributed by atoms with van der Waals surface area (Å²) < 4.78 is 17.1. The summed E-state index contributed by atoms with van der Waals surface area (Å²) in [5.74, 6) is 1.03. The molecule has 0 saturated carbocycles. The molecule has 3 rings (SSSR count). The van der Waals surface area contributed by atoms with E-state index in [1.165, 1.54) is 0 Å². The van der Waals surface area contributed by atoms with Gasteiger partial charge < -0.3 is 14.0 Å². The van der Waals surface area contributed by atoms with Gasteiger partial charge in [0.2, 0.25) is 0 Å². The lowest BCUT2D eigenvalue weighted by atomic mass is 10.2. The van der Waals surface area contributed by atoms with E-state index in [0.29, 0.717) is 17.9 Å². The van der Waals surface area contributed by atoms with Gasteiger partial charge in [-0.15, -0.1) is 0 Å². The van der Waals surface area contributed by atoms with E-state index >= 15 is 0 Å². The van der Waals surface area contributed by atoms with Crippen LogP contribution >= 0.6 is 15.9 Å². The molecule has 26 heavy (non-hydrogen) atoms. The van der Waals surface area contributed by atoms with Crippen LogP contribution in [0, 0.1) is 13.8 Å². The minimum absolute atomic E-state index is 0.213. The van der Waals surface area contributed by atoms with Crippen molar-refractivity contribution in [2.75, 3.05) is 0 Å². The maximum atomic E-state index is 12.2. The largest absolute Gasteiger partial charge is 0.489 e. The summed E-state index contributed by atoms with van der Waals surface area (Å²) in [4.78, 5) is 12.2. The lowest BCUT2D eigenvalue weighted by Gasteiger charge is -2.08. The standard InChI is InChI=1S/C20H18BrNO4/c1-13-18(14(2)26-22-13)12-24-17-9-7-15(8-10-17)20(23)25-11-16-5-3-4-6-19(16)21/h3-10H,11-12H2,1-2H3. The third kappa shape index (κ3) is 4.32. The second-order valence-corrected chi connectivity index (χ2v) is 6.64. The van der Waals surface area contributed by atoms with Crippen molar-refractivity contribution in [3.05, 3.63) is 81.1 Å². The van der Waals surface area contributed by atoms with Crippen LogP contribution in [0.15, 0.2) is 57.5 Å². The Morgan fingerprint density at radius 3 is 2.46 bits per heavy atom. The highest BCUT2D eigenvalue weighted by atomic mass is 79.9. The Bertz CT molecular complexity index is 883. The molecule has 0 aliphatic rings. The van der Waals surface area contributed by atoms with Gasteiger partial charge >= 0.3 is 5.97 Å². The summed E-state index contributed by atoms with van der Waals surface area (Å²) in [7, 11) is 0. The molecule has 0 atom stereocenters. The molecule has 0 unspecified atom stereocenters. The van der Waals surface area contributed by atoms with Crippen molar-refractivity contribution in [3.63, 3.8) is 0 Å². The van der Waals surface area contributed by atoms with Crippen molar-refractivity contribution in [2.45, 2.75) is 27.1 Å². The fourth-order valence-electron chi connectivity index (χ4n) is 2.39. The minimum Gasteiger partial charge on any atom is -0.489 e. The van der Waals surface area contributed by atoms with Crippen LogP contribution in [0.4, 0.5) is 0 Å². The number of benzene rings is 2. The summed E-state index contributed by atoms with van der Waals surface area (Å²) in [5, 5.41) is 3.90. The van der Waals surface area contributed by atoms with E-state index in [4.69, 9.17) is 14.0 Å². The van der Waals surface area contributed by atoms with Crippen molar-refractivity contribution >= 4 is 21.9 Å². The predicted molar refractivity (Wildman–Crippen MR) is 100 cm³/mol. The molecule has 3 aromatic rings. The Morgan fingerprint density at radius 1 is 1.08 bits per heavy atom. The SMILES string of the molecule is Cc1noc(C)c1COc1ccc(C(=O)OCc2ccccc2Br)cc1. The number of hydrogen-bond acceptors (Lipinski definition) is 5. The Morgan fingerprint density at radius 2 is 1.81 bits per heavy atom. The second kappa shape index (κ2) is 8.19. The van der Waals surface area contributed by atoms with Gasteiger partial charge in [0.1, 0.15) is 24.7 Å².